The first-order valence-electron chi connectivity index (χ1n) is 6.11. The van der Waals surface area contributed by atoms with Crippen LogP contribution in [0.1, 0.15) is 25.1 Å². The van der Waals surface area contributed by atoms with Crippen molar-refractivity contribution in [3.05, 3.63) is 17.0 Å². The van der Waals surface area contributed by atoms with Crippen molar-refractivity contribution in [3.63, 3.8) is 0 Å². The molecule has 6 nitrogen and oxygen atoms in total. The lowest BCUT2D eigenvalue weighted by Gasteiger charge is -2.08. The van der Waals surface area contributed by atoms with Crippen molar-refractivity contribution in [3.8, 4) is 6.07 Å². The topological polar surface area (TPSA) is 99.1 Å². The molecule has 0 aliphatic carbocycles. The van der Waals surface area contributed by atoms with Gasteiger partial charge in [0.15, 0.2) is 0 Å². The number of hydrogen-bond donors (Lipinski definition) is 2. The van der Waals surface area contributed by atoms with Crippen LogP contribution in [0.3, 0.4) is 0 Å². The van der Waals surface area contributed by atoms with Crippen LogP contribution in [0.2, 0.25) is 0 Å². The van der Waals surface area contributed by atoms with Gasteiger partial charge in [-0.25, -0.2) is 13.1 Å². The highest BCUT2D eigenvalue weighted by Gasteiger charge is 2.16. The molecule has 1 rings (SSSR count). The van der Waals surface area contributed by atoms with Gasteiger partial charge in [-0.2, -0.15) is 5.26 Å². The van der Waals surface area contributed by atoms with Gasteiger partial charge in [-0.1, -0.05) is 13.8 Å². The van der Waals surface area contributed by atoms with Crippen LogP contribution in [-0.4, -0.2) is 27.4 Å². The molecule has 110 valence electrons. The Hall–Kier alpha value is -1.43. The fraction of sp³-hybridized carbons (Fsp3) is 0.500. The molecule has 0 atom stereocenters. The van der Waals surface area contributed by atoms with E-state index in [-0.39, 0.29) is 23.1 Å². The number of amides is 1. The summed E-state index contributed by atoms with van der Waals surface area (Å²) in [7, 11) is -3.64. The van der Waals surface area contributed by atoms with Crippen molar-refractivity contribution in [2.24, 2.45) is 5.92 Å². The first-order valence-corrected chi connectivity index (χ1v) is 8.41. The molecule has 1 heterocycles. The second-order valence-electron chi connectivity index (χ2n) is 4.58. The Labute approximate surface area is 122 Å². The van der Waals surface area contributed by atoms with Gasteiger partial charge in [0.2, 0.25) is 15.9 Å². The maximum atomic E-state index is 11.9. The predicted molar refractivity (Wildman–Crippen MR) is 76.7 cm³/mol. The summed E-state index contributed by atoms with van der Waals surface area (Å²) in [5, 5.41) is 11.4. The number of nitrogens with one attached hydrogen (secondary N) is 2. The molecule has 0 bridgehead atoms. The van der Waals surface area contributed by atoms with Crippen molar-refractivity contribution in [2.45, 2.75) is 24.5 Å². The highest BCUT2D eigenvalue weighted by atomic mass is 32.2. The largest absolute Gasteiger partial charge is 0.356 e. The van der Waals surface area contributed by atoms with E-state index >= 15 is 0 Å². The number of carbonyl (C=O) groups excluding carboxylic acids is 1. The van der Waals surface area contributed by atoms with E-state index in [1.807, 2.05) is 19.9 Å². The van der Waals surface area contributed by atoms with Gasteiger partial charge in [-0.05, 0) is 18.1 Å². The Morgan fingerprint density at radius 1 is 1.45 bits per heavy atom. The molecular formula is C12H17N3O3S2. The van der Waals surface area contributed by atoms with E-state index in [1.54, 1.807) is 0 Å². The van der Waals surface area contributed by atoms with Crippen LogP contribution in [0.5, 0.6) is 0 Å². The van der Waals surface area contributed by atoms with Crippen LogP contribution in [0.25, 0.3) is 0 Å². The summed E-state index contributed by atoms with van der Waals surface area (Å²) in [5.41, 5.74) is 0. The van der Waals surface area contributed by atoms with Crippen LogP contribution in [0.15, 0.2) is 16.3 Å². The Kier molecular flexibility index (Phi) is 6.13. The zero-order valence-corrected chi connectivity index (χ0v) is 13.0. The third-order valence-electron chi connectivity index (χ3n) is 2.31. The summed E-state index contributed by atoms with van der Waals surface area (Å²) in [6.45, 7) is 4.56. The molecule has 1 amide bonds. The summed E-state index contributed by atoms with van der Waals surface area (Å²) in [6.07, 6.45) is 0.0857. The standard InChI is InChI=1S/C12H17N3O3S2/c1-9(2)8-14-11(16)5-6-15-20(17,18)12-4-3-10(7-13)19-12/h3-4,9,15H,5-6,8H2,1-2H3,(H,14,16). The SMILES string of the molecule is CC(C)CNC(=O)CCNS(=O)(=O)c1ccc(C#N)s1. The lowest BCUT2D eigenvalue weighted by atomic mass is 10.2. The molecule has 20 heavy (non-hydrogen) atoms. The zero-order valence-electron chi connectivity index (χ0n) is 11.3. The summed E-state index contributed by atoms with van der Waals surface area (Å²) in [6, 6.07) is 4.72. The fourth-order valence-electron chi connectivity index (χ4n) is 1.30. The monoisotopic (exact) mass is 315 g/mol. The van der Waals surface area contributed by atoms with Gasteiger partial charge >= 0.3 is 0 Å². The quantitative estimate of drug-likeness (QED) is 0.786. The molecule has 0 spiro atoms. The number of sulfonamides is 1. The summed E-state index contributed by atoms with van der Waals surface area (Å²) >= 11 is 0.901. The van der Waals surface area contributed by atoms with Gasteiger partial charge in [-0.15, -0.1) is 11.3 Å². The lowest BCUT2D eigenvalue weighted by molar-refractivity contribution is -0.121. The number of rotatable bonds is 7. The normalized spacial score (nSPS) is 11.3. The number of nitrogens with zero attached hydrogens (tertiary/aromatic N) is 1. The zero-order chi connectivity index (χ0) is 15.2. The molecule has 0 radical (unpaired) electrons. The molecule has 0 aliphatic rings. The van der Waals surface area contributed by atoms with E-state index in [0.717, 1.165) is 11.3 Å². The van der Waals surface area contributed by atoms with E-state index in [2.05, 4.69) is 10.0 Å². The third-order valence-corrected chi connectivity index (χ3v) is 5.25. The fourth-order valence-corrected chi connectivity index (χ4v) is 3.48. The minimum atomic E-state index is -3.64. The lowest BCUT2D eigenvalue weighted by Crippen LogP contribution is -2.32. The van der Waals surface area contributed by atoms with E-state index in [9.17, 15) is 13.2 Å². The Morgan fingerprint density at radius 3 is 2.70 bits per heavy atom. The number of nitriles is 1. The molecule has 8 heteroatoms. The van der Waals surface area contributed by atoms with Crippen molar-refractivity contribution in [1.29, 1.82) is 5.26 Å². The van der Waals surface area contributed by atoms with E-state index < -0.39 is 10.0 Å². The number of carbonyl (C=O) groups is 1. The summed E-state index contributed by atoms with van der Waals surface area (Å²) < 4.78 is 26.2. The second-order valence-corrected chi connectivity index (χ2v) is 7.65. The molecule has 1 aromatic heterocycles. The predicted octanol–water partition coefficient (Wildman–Crippen LogP) is 1.06. The number of thiophene rings is 1. The molecule has 1 aromatic rings. The Balaban J connectivity index is 2.45. The van der Waals surface area contributed by atoms with Gasteiger partial charge in [0, 0.05) is 19.5 Å². The second kappa shape index (κ2) is 7.38. The minimum absolute atomic E-state index is 0.0338. The molecule has 0 aromatic carbocycles. The average molecular weight is 315 g/mol. The van der Waals surface area contributed by atoms with Crippen LogP contribution in [0.4, 0.5) is 0 Å². The van der Waals surface area contributed by atoms with Crippen LogP contribution in [0, 0.1) is 17.2 Å². The van der Waals surface area contributed by atoms with Gasteiger partial charge in [0.05, 0.1) is 0 Å². The van der Waals surface area contributed by atoms with Gasteiger partial charge < -0.3 is 5.32 Å². The number of hydrogen-bond acceptors (Lipinski definition) is 5. The summed E-state index contributed by atoms with van der Waals surface area (Å²) in [4.78, 5) is 11.8. The van der Waals surface area contributed by atoms with Crippen LogP contribution < -0.4 is 10.0 Å². The third kappa shape index (κ3) is 5.28. The van der Waals surface area contributed by atoms with Crippen molar-refractivity contribution in [1.82, 2.24) is 10.0 Å². The Morgan fingerprint density at radius 2 is 2.15 bits per heavy atom. The Bertz CT molecular complexity index is 600. The molecule has 0 unspecified atom stereocenters. The van der Waals surface area contributed by atoms with Crippen LogP contribution >= 0.6 is 11.3 Å². The molecule has 0 saturated carbocycles. The molecule has 0 fully saturated rings. The first-order chi connectivity index (χ1) is 9.35. The molecule has 0 aliphatic heterocycles. The van der Waals surface area contributed by atoms with Crippen molar-refractivity contribution >= 4 is 27.3 Å². The molecular weight excluding hydrogens is 298 g/mol. The maximum absolute atomic E-state index is 11.9. The molecule has 0 saturated heterocycles. The van der Waals surface area contributed by atoms with Gasteiger partial charge in [-0.3, -0.25) is 4.79 Å². The van der Waals surface area contributed by atoms with Gasteiger partial charge in [0.1, 0.15) is 15.2 Å². The minimum Gasteiger partial charge on any atom is -0.356 e. The van der Waals surface area contributed by atoms with E-state index in [1.165, 1.54) is 12.1 Å². The van der Waals surface area contributed by atoms with Gasteiger partial charge in [0.25, 0.3) is 0 Å². The average Bonchev–Trinajstić information content (AvgIpc) is 2.85. The maximum Gasteiger partial charge on any atom is 0.250 e. The smallest absolute Gasteiger partial charge is 0.250 e. The van der Waals surface area contributed by atoms with Crippen molar-refractivity contribution < 1.29 is 13.2 Å². The van der Waals surface area contributed by atoms with Crippen molar-refractivity contribution in [2.75, 3.05) is 13.1 Å². The van der Waals surface area contributed by atoms with E-state index in [4.69, 9.17) is 5.26 Å². The van der Waals surface area contributed by atoms with E-state index in [0.29, 0.717) is 17.3 Å². The highest BCUT2D eigenvalue weighted by molar-refractivity contribution is 7.91. The first kappa shape index (κ1) is 16.6. The highest BCUT2D eigenvalue weighted by Crippen LogP contribution is 2.20. The molecule has 2 N–H and O–H groups in total. The summed E-state index contributed by atoms with van der Waals surface area (Å²) in [5.74, 6) is 0.163. The van der Waals surface area contributed by atoms with Crippen LogP contribution in [-0.2, 0) is 14.8 Å².